The van der Waals surface area contributed by atoms with Crippen LogP contribution in [0, 0.1) is 50.2 Å². The zero-order valence-electron chi connectivity index (χ0n) is 44.1. The van der Waals surface area contributed by atoms with E-state index in [-0.39, 0.29) is 40.1 Å². The van der Waals surface area contributed by atoms with Crippen LogP contribution in [0.15, 0.2) is 11.6 Å². The van der Waals surface area contributed by atoms with Gasteiger partial charge in [-0.1, -0.05) is 60.1 Å². The molecule has 8 fully saturated rings. The first kappa shape index (κ1) is 57.1. The minimum atomic E-state index is -1.89. The Morgan fingerprint density at radius 2 is 1.19 bits per heavy atom. The van der Waals surface area contributed by atoms with Gasteiger partial charge in [-0.2, -0.15) is 0 Å². The molecule has 12 N–H and O–H groups in total. The summed E-state index contributed by atoms with van der Waals surface area (Å²) in [7, 11) is 0. The number of ether oxygens (including phenoxy) is 8. The molecule has 0 aromatic rings. The number of aliphatic carboxylic acids is 1. The molecule has 8 unspecified atom stereocenters. The van der Waals surface area contributed by atoms with E-state index in [1.54, 1.807) is 0 Å². The van der Waals surface area contributed by atoms with Crippen molar-refractivity contribution in [2.45, 2.75) is 242 Å². The summed E-state index contributed by atoms with van der Waals surface area (Å²) in [6.45, 7) is 15.8. The Labute approximate surface area is 433 Å². The number of fused-ring (bicyclic) bond motifs is 7. The second kappa shape index (κ2) is 20.5. The first-order valence-corrected chi connectivity index (χ1v) is 27.1. The van der Waals surface area contributed by atoms with E-state index in [0.29, 0.717) is 25.2 Å². The van der Waals surface area contributed by atoms with Gasteiger partial charge >= 0.3 is 5.97 Å². The number of aliphatic hydroxyl groups excluding tert-OH is 11. The summed E-state index contributed by atoms with van der Waals surface area (Å²) >= 11 is 0. The Morgan fingerprint density at radius 1 is 0.608 bits per heavy atom. The fraction of sp³-hybridized carbons (Fsp3) is 0.943. The second-order valence-corrected chi connectivity index (χ2v) is 25.8. The van der Waals surface area contributed by atoms with Crippen LogP contribution in [0.25, 0.3) is 0 Å². The molecular weight excluding hydrogens is 973 g/mol. The number of hydrogen-bond donors (Lipinski definition) is 12. The number of aliphatic hydroxyl groups is 11. The average Bonchev–Trinajstić information content (AvgIpc) is 3.35. The van der Waals surface area contributed by atoms with Crippen molar-refractivity contribution in [2.75, 3.05) is 19.8 Å². The Bertz CT molecular complexity index is 2040. The minimum Gasteiger partial charge on any atom is -0.481 e. The van der Waals surface area contributed by atoms with Crippen LogP contribution in [-0.2, 0) is 42.7 Å². The van der Waals surface area contributed by atoms with Gasteiger partial charge in [0.2, 0.25) is 0 Å². The molecule has 5 aliphatic carbocycles. The summed E-state index contributed by atoms with van der Waals surface area (Å²) in [5.41, 5.74) is -0.257. The molecule has 27 atom stereocenters. The van der Waals surface area contributed by atoms with Gasteiger partial charge in [-0.05, 0) is 116 Å². The highest BCUT2D eigenvalue weighted by Crippen LogP contribution is 2.76. The van der Waals surface area contributed by atoms with Crippen LogP contribution in [-0.4, -0.2) is 210 Å². The lowest BCUT2D eigenvalue weighted by Gasteiger charge is -2.71. The van der Waals surface area contributed by atoms with Crippen molar-refractivity contribution in [1.82, 2.24) is 0 Å². The molecule has 74 heavy (non-hydrogen) atoms. The predicted octanol–water partition coefficient (Wildman–Crippen LogP) is 0.197. The lowest BCUT2D eigenvalue weighted by atomic mass is 9.33. The molecule has 0 radical (unpaired) electrons. The van der Waals surface area contributed by atoms with Crippen molar-refractivity contribution in [3.05, 3.63) is 11.6 Å². The van der Waals surface area contributed by atoms with E-state index in [1.165, 1.54) is 12.5 Å². The molecule has 9 rings (SSSR count). The van der Waals surface area contributed by atoms with Crippen LogP contribution in [0.3, 0.4) is 0 Å². The van der Waals surface area contributed by atoms with Crippen molar-refractivity contribution < 1.29 is 104 Å². The van der Waals surface area contributed by atoms with Crippen molar-refractivity contribution >= 4 is 5.97 Å². The fourth-order valence-electron chi connectivity index (χ4n) is 16.3. The van der Waals surface area contributed by atoms with Crippen molar-refractivity contribution in [3.8, 4) is 0 Å². The van der Waals surface area contributed by atoms with Crippen LogP contribution >= 0.6 is 0 Å². The molecule has 0 aromatic carbocycles. The highest BCUT2D eigenvalue weighted by atomic mass is 16.8. The Balaban J connectivity index is 0.971. The molecule has 0 aromatic heterocycles. The van der Waals surface area contributed by atoms with E-state index in [9.17, 15) is 66.1 Å². The van der Waals surface area contributed by atoms with Crippen LogP contribution in [0.4, 0.5) is 0 Å². The maximum atomic E-state index is 13.2. The number of carbonyl (C=O) groups is 1. The van der Waals surface area contributed by atoms with E-state index in [0.717, 1.165) is 44.9 Å². The highest BCUT2D eigenvalue weighted by Gasteiger charge is 2.70. The first-order chi connectivity index (χ1) is 34.6. The largest absolute Gasteiger partial charge is 0.481 e. The summed E-state index contributed by atoms with van der Waals surface area (Å²) in [4.78, 5) is 13.2. The quantitative estimate of drug-likeness (QED) is 0.0971. The summed E-state index contributed by atoms with van der Waals surface area (Å²) in [5.74, 6) is -0.226. The van der Waals surface area contributed by atoms with E-state index in [4.69, 9.17) is 37.9 Å². The molecule has 4 heterocycles. The maximum Gasteiger partial charge on any atom is 0.310 e. The average molecular weight is 1060 g/mol. The summed E-state index contributed by atoms with van der Waals surface area (Å²) in [6, 6.07) is 0. The third-order valence-electron chi connectivity index (χ3n) is 21.1. The molecular formula is C53H86O21. The number of carboxylic acid groups (broad SMARTS) is 1. The molecule has 424 valence electrons. The Kier molecular flexibility index (Phi) is 15.8. The molecule has 21 nitrogen and oxygen atoms in total. The standard InChI is InChI=1S/C53H86O21/c1-23-32(56)41(73-44-39(63)37(61)34(58)27(21-55)70-44)40(64)45(68-23)74-42-35(59)28(71-43-38(62)36(60)33(57)26(20-54)69-43)22-67-46(42)72-31-12-13-50(6)29(49(31,4)5)11-14-52(8)30(50)10-9-24-25-19-48(2,3)15-17-53(25,47(65)66)18-16-51(24,52)7/h9,23,25-46,54-64H,10-22H2,1-8H3,(H,65,66)/t23-,25?,26-,27-,28+,29?,30?,31?,32-,33-,34-,35+,36+,37+,38-,39-,40+,41+,42-,43+,44+,45-,46+,50?,51?,52?,53?/m1/s1. The number of hydrogen-bond acceptors (Lipinski definition) is 20. The fourth-order valence-corrected chi connectivity index (χ4v) is 16.3. The third kappa shape index (κ3) is 9.17. The van der Waals surface area contributed by atoms with E-state index < -0.39 is 153 Å². The number of rotatable bonds is 11. The zero-order chi connectivity index (χ0) is 54.0. The molecule has 0 amide bonds. The minimum absolute atomic E-state index is 0.0103. The van der Waals surface area contributed by atoms with Gasteiger partial charge in [0.25, 0.3) is 0 Å². The lowest BCUT2D eigenvalue weighted by molar-refractivity contribution is -0.391. The van der Waals surface area contributed by atoms with Crippen molar-refractivity contribution in [3.63, 3.8) is 0 Å². The highest BCUT2D eigenvalue weighted by molar-refractivity contribution is 5.76. The van der Waals surface area contributed by atoms with Gasteiger partial charge in [-0.25, -0.2) is 0 Å². The summed E-state index contributed by atoms with van der Waals surface area (Å²) in [5, 5.41) is 129. The molecule has 4 saturated carbocycles. The molecule has 9 aliphatic rings. The molecule has 4 saturated heterocycles. The number of carboxylic acids is 1. The van der Waals surface area contributed by atoms with Crippen LogP contribution in [0.5, 0.6) is 0 Å². The monoisotopic (exact) mass is 1060 g/mol. The smallest absolute Gasteiger partial charge is 0.310 e. The third-order valence-corrected chi connectivity index (χ3v) is 21.1. The SMILES string of the molecule is C[C@H]1O[C@H](O[C@H]2[C@H](OC3CCC4(C)C(CCC5(C)C4CC=C4C6CC(C)(C)CCC6(C(=O)O)CCC45C)C3(C)C)OC[C@H](O[C@@H]3O[C@H](CO)[C@@H](O)[C@H](O)[C@H]3O)[C@@H]2O)[C@@H](O)[C@@H](O[C@@H]2O[C@H](CO)[C@@H](O)[C@H](O)[C@H]2O)[C@@H]1O. The molecule has 0 bridgehead atoms. The predicted molar refractivity (Wildman–Crippen MR) is 256 cm³/mol. The molecule has 0 spiro atoms. The topological polar surface area (TPSA) is 334 Å². The van der Waals surface area contributed by atoms with E-state index in [1.807, 2.05) is 0 Å². The zero-order valence-corrected chi connectivity index (χ0v) is 44.1. The summed E-state index contributed by atoms with van der Waals surface area (Å²) in [6.07, 6.45) is -20.8. The number of allylic oxidation sites excluding steroid dienone is 2. The Morgan fingerprint density at radius 3 is 1.80 bits per heavy atom. The van der Waals surface area contributed by atoms with E-state index in [2.05, 4.69) is 54.5 Å². The van der Waals surface area contributed by atoms with Gasteiger partial charge in [0.05, 0.1) is 37.4 Å². The van der Waals surface area contributed by atoms with Gasteiger partial charge in [-0.3, -0.25) is 4.79 Å². The van der Waals surface area contributed by atoms with Gasteiger partial charge in [0.1, 0.15) is 85.5 Å². The summed E-state index contributed by atoms with van der Waals surface area (Å²) < 4.78 is 48.8. The molecule has 4 aliphatic heterocycles. The van der Waals surface area contributed by atoms with Crippen molar-refractivity contribution in [2.24, 2.45) is 50.2 Å². The van der Waals surface area contributed by atoms with Gasteiger partial charge in [-0.15, -0.1) is 0 Å². The second-order valence-electron chi connectivity index (χ2n) is 25.8. The Hall–Kier alpha value is -1.55. The van der Waals surface area contributed by atoms with Crippen LogP contribution < -0.4 is 0 Å². The van der Waals surface area contributed by atoms with E-state index >= 15 is 0 Å². The molecule has 21 heteroatoms. The van der Waals surface area contributed by atoms with Gasteiger partial charge in [0.15, 0.2) is 25.2 Å². The maximum absolute atomic E-state index is 13.2. The van der Waals surface area contributed by atoms with Gasteiger partial charge < -0.3 is 99.2 Å². The normalized spacial score (nSPS) is 54.1. The van der Waals surface area contributed by atoms with Crippen molar-refractivity contribution in [1.29, 1.82) is 0 Å². The lowest BCUT2D eigenvalue weighted by Crippen LogP contribution is -2.67. The van der Waals surface area contributed by atoms with Gasteiger partial charge in [0, 0.05) is 0 Å². The van der Waals surface area contributed by atoms with Crippen LogP contribution in [0.1, 0.15) is 120 Å². The van der Waals surface area contributed by atoms with Crippen LogP contribution in [0.2, 0.25) is 0 Å². The first-order valence-electron chi connectivity index (χ1n) is 27.1.